The highest BCUT2D eigenvalue weighted by Crippen LogP contribution is 2.51. The second-order valence-corrected chi connectivity index (χ2v) is 9.79. The Balaban J connectivity index is 1.68. The fraction of sp³-hybridized carbons (Fsp3) is 0.345. The average molecular weight is 408 g/mol. The van der Waals surface area contributed by atoms with Gasteiger partial charge in [-0.3, -0.25) is 0 Å². The number of benzene rings is 3. The topological polar surface area (TPSA) is 7.12 Å². The summed E-state index contributed by atoms with van der Waals surface area (Å²) in [6.45, 7) is 4.59. The van der Waals surface area contributed by atoms with Crippen LogP contribution in [-0.2, 0) is 13.5 Å². The van der Waals surface area contributed by atoms with Crippen LogP contribution in [0, 0.1) is 19.8 Å². The van der Waals surface area contributed by atoms with Crippen molar-refractivity contribution in [2.24, 2.45) is 13.0 Å². The second kappa shape index (κ2) is 6.82. The number of rotatable bonds is 2. The van der Waals surface area contributed by atoms with E-state index in [2.05, 4.69) is 86.1 Å². The summed E-state index contributed by atoms with van der Waals surface area (Å²) in [5.74, 6) is 0.859. The first-order valence-electron chi connectivity index (χ1n) is 11.8. The molecule has 1 aliphatic heterocycles. The Morgan fingerprint density at radius 3 is 2.42 bits per heavy atom. The van der Waals surface area contributed by atoms with Gasteiger partial charge < -0.3 is 4.90 Å². The number of hydrogen-bond acceptors (Lipinski definition) is 1. The SMILES string of the molecule is Cc1c2c(c(C)c3ccccc13)N(C)c1cc(CC3CCCC3)cc3cc[n+](C)c-2c13. The van der Waals surface area contributed by atoms with Crippen LogP contribution in [0.2, 0.25) is 0 Å². The highest BCUT2D eigenvalue weighted by Gasteiger charge is 2.33. The molecule has 2 aliphatic rings. The molecule has 0 atom stereocenters. The van der Waals surface area contributed by atoms with Crippen LogP contribution in [-0.4, -0.2) is 7.05 Å². The molecule has 0 unspecified atom stereocenters. The summed E-state index contributed by atoms with van der Waals surface area (Å²) >= 11 is 0. The maximum absolute atomic E-state index is 2.48. The fourth-order valence-electron chi connectivity index (χ4n) is 6.37. The minimum atomic E-state index is 0.859. The summed E-state index contributed by atoms with van der Waals surface area (Å²) in [4.78, 5) is 2.47. The van der Waals surface area contributed by atoms with E-state index in [-0.39, 0.29) is 0 Å². The minimum absolute atomic E-state index is 0.859. The van der Waals surface area contributed by atoms with Gasteiger partial charge in [0.25, 0.3) is 0 Å². The molecule has 156 valence electrons. The van der Waals surface area contributed by atoms with Crippen molar-refractivity contribution in [1.82, 2.24) is 0 Å². The predicted molar refractivity (Wildman–Crippen MR) is 131 cm³/mol. The molecule has 3 aromatic carbocycles. The zero-order valence-corrected chi connectivity index (χ0v) is 19.1. The lowest BCUT2D eigenvalue weighted by molar-refractivity contribution is -0.659. The summed E-state index contributed by atoms with van der Waals surface area (Å²) in [6, 6.07) is 16.1. The molecule has 2 heteroatoms. The van der Waals surface area contributed by atoms with E-state index in [1.54, 1.807) is 0 Å². The molecule has 0 saturated heterocycles. The summed E-state index contributed by atoms with van der Waals surface area (Å²) in [5.41, 5.74) is 9.74. The van der Waals surface area contributed by atoms with Crippen LogP contribution in [0.4, 0.5) is 11.4 Å². The summed E-state index contributed by atoms with van der Waals surface area (Å²) in [5, 5.41) is 5.51. The van der Waals surface area contributed by atoms with Crippen molar-refractivity contribution < 1.29 is 4.57 Å². The molecule has 6 rings (SSSR count). The molecule has 31 heavy (non-hydrogen) atoms. The largest absolute Gasteiger partial charge is 0.343 e. The van der Waals surface area contributed by atoms with Crippen molar-refractivity contribution >= 4 is 32.9 Å². The van der Waals surface area contributed by atoms with E-state index in [1.807, 2.05) is 0 Å². The van der Waals surface area contributed by atoms with Crippen LogP contribution in [0.3, 0.4) is 0 Å². The number of aryl methyl sites for hydroxylation is 3. The first kappa shape index (κ1) is 18.9. The molecule has 0 radical (unpaired) electrons. The average Bonchev–Trinajstić information content (AvgIpc) is 3.28. The van der Waals surface area contributed by atoms with Crippen LogP contribution in [0.5, 0.6) is 0 Å². The second-order valence-electron chi connectivity index (χ2n) is 9.79. The molecule has 0 N–H and O–H groups in total. The van der Waals surface area contributed by atoms with E-state index in [4.69, 9.17) is 0 Å². The molecular formula is C29H31N2+. The Labute approximate surface area is 185 Å². The van der Waals surface area contributed by atoms with Gasteiger partial charge in [-0.05, 0) is 65.1 Å². The highest BCUT2D eigenvalue weighted by atomic mass is 15.1. The zero-order valence-electron chi connectivity index (χ0n) is 19.1. The van der Waals surface area contributed by atoms with Crippen LogP contribution >= 0.6 is 0 Å². The normalized spacial score (nSPS) is 15.8. The van der Waals surface area contributed by atoms with Crippen molar-refractivity contribution in [1.29, 1.82) is 0 Å². The van der Waals surface area contributed by atoms with E-state index in [0.29, 0.717) is 0 Å². The van der Waals surface area contributed by atoms with Crippen LogP contribution < -0.4 is 9.47 Å². The minimum Gasteiger partial charge on any atom is -0.343 e. The van der Waals surface area contributed by atoms with E-state index in [0.717, 1.165) is 5.92 Å². The molecule has 2 nitrogen and oxygen atoms in total. The van der Waals surface area contributed by atoms with Crippen LogP contribution in [0.15, 0.2) is 48.7 Å². The van der Waals surface area contributed by atoms with Gasteiger partial charge in [0.15, 0.2) is 6.20 Å². The van der Waals surface area contributed by atoms with Gasteiger partial charge in [-0.15, -0.1) is 0 Å². The third-order valence-corrected chi connectivity index (χ3v) is 7.91. The van der Waals surface area contributed by atoms with Gasteiger partial charge in [-0.25, -0.2) is 4.57 Å². The van der Waals surface area contributed by atoms with Gasteiger partial charge in [0.2, 0.25) is 5.69 Å². The third-order valence-electron chi connectivity index (χ3n) is 7.91. The quantitative estimate of drug-likeness (QED) is 0.327. The van der Waals surface area contributed by atoms with Gasteiger partial charge in [0, 0.05) is 13.1 Å². The van der Waals surface area contributed by atoms with Crippen LogP contribution in [0.25, 0.3) is 32.8 Å². The summed E-state index contributed by atoms with van der Waals surface area (Å²) in [7, 11) is 4.47. The Morgan fingerprint density at radius 1 is 0.968 bits per heavy atom. The summed E-state index contributed by atoms with van der Waals surface area (Å²) in [6.07, 6.45) is 9.07. The molecule has 0 bridgehead atoms. The molecule has 1 aromatic heterocycles. The molecule has 4 aromatic rings. The van der Waals surface area contributed by atoms with Gasteiger partial charge in [-0.2, -0.15) is 0 Å². The standard InChI is InChI=1S/C29H31N2/c1-18-23-11-7-8-12-24(23)19(2)28-26(18)29-27-22(13-14-30(29)3)16-21(17-25(27)31(28)4)15-20-9-5-6-10-20/h7-8,11-14,16-17,20H,5-6,9-10,15H2,1-4H3/q+1. The Bertz CT molecular complexity index is 1360. The highest BCUT2D eigenvalue weighted by molar-refractivity contribution is 6.14. The number of aromatic nitrogens is 1. The van der Waals surface area contributed by atoms with Crippen molar-refractivity contribution in [3.63, 3.8) is 0 Å². The molecule has 0 spiro atoms. The van der Waals surface area contributed by atoms with E-state index >= 15 is 0 Å². The zero-order chi connectivity index (χ0) is 21.3. The smallest absolute Gasteiger partial charge is 0.224 e. The molecule has 1 aliphatic carbocycles. The van der Waals surface area contributed by atoms with Crippen molar-refractivity contribution in [2.45, 2.75) is 46.0 Å². The van der Waals surface area contributed by atoms with Gasteiger partial charge in [-0.1, -0.05) is 56.0 Å². The number of pyridine rings is 1. The van der Waals surface area contributed by atoms with E-state index < -0.39 is 0 Å². The Hall–Kier alpha value is -2.87. The van der Waals surface area contributed by atoms with Crippen molar-refractivity contribution in [2.75, 3.05) is 11.9 Å². The third kappa shape index (κ3) is 2.67. The lowest BCUT2D eigenvalue weighted by Gasteiger charge is -2.32. The lowest BCUT2D eigenvalue weighted by atomic mass is 9.85. The number of hydrogen-bond donors (Lipinski definition) is 0. The number of anilines is 2. The van der Waals surface area contributed by atoms with Crippen molar-refractivity contribution in [3.8, 4) is 11.3 Å². The van der Waals surface area contributed by atoms with Gasteiger partial charge >= 0.3 is 0 Å². The molecular weight excluding hydrogens is 376 g/mol. The fourth-order valence-corrected chi connectivity index (χ4v) is 6.37. The lowest BCUT2D eigenvalue weighted by Crippen LogP contribution is -2.33. The maximum atomic E-state index is 2.48. The van der Waals surface area contributed by atoms with Crippen LogP contribution in [0.1, 0.15) is 42.4 Å². The van der Waals surface area contributed by atoms with Gasteiger partial charge in [0.05, 0.1) is 22.3 Å². The van der Waals surface area contributed by atoms with E-state index in [9.17, 15) is 0 Å². The Kier molecular flexibility index (Phi) is 4.15. The number of nitrogens with zero attached hydrogens (tertiary/aromatic N) is 2. The first-order valence-corrected chi connectivity index (χ1v) is 11.8. The molecule has 1 saturated carbocycles. The molecule has 1 fully saturated rings. The van der Waals surface area contributed by atoms with Crippen molar-refractivity contribution in [3.05, 3.63) is 65.4 Å². The van der Waals surface area contributed by atoms with E-state index in [1.165, 1.54) is 93.0 Å². The molecule has 2 heterocycles. The monoisotopic (exact) mass is 407 g/mol. The summed E-state index contributed by atoms with van der Waals surface area (Å²) < 4.78 is 2.33. The molecule has 0 amide bonds. The Morgan fingerprint density at radius 2 is 1.68 bits per heavy atom. The predicted octanol–water partition coefficient (Wildman–Crippen LogP) is 6.92. The first-order chi connectivity index (χ1) is 15.0. The van der Waals surface area contributed by atoms with Gasteiger partial charge in [0.1, 0.15) is 7.05 Å². The number of fused-ring (bicyclic) bond motifs is 3. The maximum Gasteiger partial charge on any atom is 0.224 e.